The molecule has 2 rings (SSSR count). The molecular weight excluding hydrogens is 299 g/mol. The van der Waals surface area contributed by atoms with Crippen molar-refractivity contribution in [2.75, 3.05) is 0 Å². The van der Waals surface area contributed by atoms with Gasteiger partial charge in [0.15, 0.2) is 5.03 Å². The lowest BCUT2D eigenvalue weighted by molar-refractivity contribution is 0.253. The number of sulfonamides is 1. The maximum atomic E-state index is 11.7. The standard InChI is InChI=1S/C10H11BN4O5S/c12-10(16)14-21(19,20)9-5-6-15(13-9)8-3-1-7(2-4-8)11(17)18/h1-6,17-18H,(H3,12,14,16). The van der Waals surface area contributed by atoms with Gasteiger partial charge in [-0.1, -0.05) is 12.1 Å². The quantitative estimate of drug-likeness (QED) is 0.476. The van der Waals surface area contributed by atoms with Crippen LogP contribution in [0.3, 0.4) is 0 Å². The van der Waals surface area contributed by atoms with Crippen LogP contribution < -0.4 is 15.9 Å². The molecule has 5 N–H and O–H groups in total. The van der Waals surface area contributed by atoms with E-state index < -0.39 is 23.2 Å². The Labute approximate surface area is 120 Å². The van der Waals surface area contributed by atoms with Crippen LogP contribution in [0.25, 0.3) is 5.69 Å². The fraction of sp³-hybridized carbons (Fsp3) is 0. The number of amides is 2. The first-order valence-corrected chi connectivity index (χ1v) is 7.12. The lowest BCUT2D eigenvalue weighted by atomic mass is 9.80. The van der Waals surface area contributed by atoms with E-state index in [1.165, 1.54) is 41.2 Å². The third kappa shape index (κ3) is 3.39. The van der Waals surface area contributed by atoms with Crippen LogP contribution in [0.4, 0.5) is 4.79 Å². The number of nitrogens with one attached hydrogen (secondary N) is 1. The molecule has 0 aliphatic rings. The molecule has 0 spiro atoms. The van der Waals surface area contributed by atoms with Crippen LogP contribution in [0, 0.1) is 0 Å². The molecule has 2 aromatic rings. The van der Waals surface area contributed by atoms with E-state index in [-0.39, 0.29) is 10.5 Å². The number of carbonyl (C=O) groups is 1. The highest BCUT2D eigenvalue weighted by Gasteiger charge is 2.19. The molecule has 0 fully saturated rings. The highest BCUT2D eigenvalue weighted by molar-refractivity contribution is 7.90. The number of aromatic nitrogens is 2. The largest absolute Gasteiger partial charge is 0.488 e. The van der Waals surface area contributed by atoms with E-state index in [0.717, 1.165) is 0 Å². The van der Waals surface area contributed by atoms with Gasteiger partial charge in [-0.05, 0) is 23.7 Å². The zero-order chi connectivity index (χ0) is 15.6. The summed E-state index contributed by atoms with van der Waals surface area (Å²) < 4.78 is 26.2. The summed E-state index contributed by atoms with van der Waals surface area (Å²) >= 11 is 0. The Morgan fingerprint density at radius 3 is 2.38 bits per heavy atom. The number of carbonyl (C=O) groups excluding carboxylic acids is 1. The Hall–Kier alpha value is -2.37. The number of nitrogens with zero attached hydrogens (tertiary/aromatic N) is 2. The maximum absolute atomic E-state index is 11.7. The van der Waals surface area contributed by atoms with Gasteiger partial charge in [0.05, 0.1) is 5.69 Å². The van der Waals surface area contributed by atoms with Gasteiger partial charge in [0.2, 0.25) is 0 Å². The number of rotatable bonds is 4. The molecule has 0 bridgehead atoms. The number of primary amides is 1. The van der Waals surface area contributed by atoms with Crippen molar-refractivity contribution in [3.8, 4) is 5.69 Å². The SMILES string of the molecule is NC(=O)NS(=O)(=O)c1ccn(-c2ccc(B(O)O)cc2)n1. The molecule has 110 valence electrons. The molecule has 1 heterocycles. The molecule has 21 heavy (non-hydrogen) atoms. The number of urea groups is 1. The Bertz CT molecular complexity index is 756. The second kappa shape index (κ2) is 5.56. The molecule has 2 amide bonds. The zero-order valence-electron chi connectivity index (χ0n) is 10.5. The Balaban J connectivity index is 2.29. The van der Waals surface area contributed by atoms with E-state index in [9.17, 15) is 13.2 Å². The van der Waals surface area contributed by atoms with Gasteiger partial charge in [0.1, 0.15) is 0 Å². The van der Waals surface area contributed by atoms with E-state index >= 15 is 0 Å². The van der Waals surface area contributed by atoms with Crippen molar-refractivity contribution in [2.45, 2.75) is 5.03 Å². The van der Waals surface area contributed by atoms with Crippen LogP contribution in [0.5, 0.6) is 0 Å². The molecule has 0 aliphatic carbocycles. The molecule has 0 saturated carbocycles. The summed E-state index contributed by atoms with van der Waals surface area (Å²) in [6.07, 6.45) is 1.37. The van der Waals surface area contributed by atoms with Crippen molar-refractivity contribution in [1.29, 1.82) is 0 Å². The summed E-state index contributed by atoms with van der Waals surface area (Å²) in [5.74, 6) is 0. The first-order valence-electron chi connectivity index (χ1n) is 5.64. The average molecular weight is 310 g/mol. The van der Waals surface area contributed by atoms with Gasteiger partial charge < -0.3 is 15.8 Å². The van der Waals surface area contributed by atoms with E-state index in [1.54, 1.807) is 4.72 Å². The van der Waals surface area contributed by atoms with Crippen LogP contribution in [0.1, 0.15) is 0 Å². The summed E-state index contributed by atoms with van der Waals surface area (Å²) in [4.78, 5) is 10.6. The molecule has 9 nitrogen and oxygen atoms in total. The summed E-state index contributed by atoms with van der Waals surface area (Å²) in [6.45, 7) is 0. The van der Waals surface area contributed by atoms with Gasteiger partial charge in [-0.3, -0.25) is 0 Å². The molecule has 1 aromatic carbocycles. The second-order valence-electron chi connectivity index (χ2n) is 4.03. The molecular formula is C10H11BN4O5S. The minimum Gasteiger partial charge on any atom is -0.423 e. The van der Waals surface area contributed by atoms with Crippen LogP contribution >= 0.6 is 0 Å². The van der Waals surface area contributed by atoms with E-state index in [0.29, 0.717) is 5.69 Å². The predicted molar refractivity (Wildman–Crippen MR) is 73.3 cm³/mol. The smallest absolute Gasteiger partial charge is 0.423 e. The highest BCUT2D eigenvalue weighted by atomic mass is 32.2. The molecule has 0 radical (unpaired) electrons. The monoisotopic (exact) mass is 310 g/mol. The lowest BCUT2D eigenvalue weighted by Crippen LogP contribution is -2.35. The van der Waals surface area contributed by atoms with Gasteiger partial charge in [0.25, 0.3) is 10.0 Å². The third-order valence-electron chi connectivity index (χ3n) is 2.53. The topological polar surface area (TPSA) is 148 Å². The third-order valence-corrected chi connectivity index (χ3v) is 3.77. The molecule has 0 aliphatic heterocycles. The number of hydrogen-bond donors (Lipinski definition) is 4. The summed E-state index contributed by atoms with van der Waals surface area (Å²) in [6, 6.07) is 5.96. The summed E-state index contributed by atoms with van der Waals surface area (Å²) in [5, 5.41) is 21.4. The molecule has 1 aromatic heterocycles. The minimum atomic E-state index is -4.10. The Morgan fingerprint density at radius 1 is 1.24 bits per heavy atom. The molecule has 0 saturated heterocycles. The second-order valence-corrected chi connectivity index (χ2v) is 5.66. The van der Waals surface area contributed by atoms with Crippen LogP contribution in [-0.2, 0) is 10.0 Å². The Morgan fingerprint density at radius 2 is 1.86 bits per heavy atom. The Kier molecular flexibility index (Phi) is 3.98. The lowest BCUT2D eigenvalue weighted by Gasteiger charge is -2.04. The van der Waals surface area contributed by atoms with Gasteiger partial charge in [-0.2, -0.15) is 13.5 Å². The summed E-state index contributed by atoms with van der Waals surface area (Å²) in [7, 11) is -5.70. The van der Waals surface area contributed by atoms with Gasteiger partial charge in [-0.15, -0.1) is 0 Å². The predicted octanol–water partition coefficient (Wildman–Crippen LogP) is -2.09. The van der Waals surface area contributed by atoms with E-state index in [2.05, 4.69) is 5.10 Å². The van der Waals surface area contributed by atoms with Crippen molar-refractivity contribution in [1.82, 2.24) is 14.5 Å². The van der Waals surface area contributed by atoms with E-state index in [4.69, 9.17) is 15.8 Å². The first kappa shape index (κ1) is 15.0. The number of nitrogens with two attached hydrogens (primary N) is 1. The molecule has 0 unspecified atom stereocenters. The van der Waals surface area contributed by atoms with Crippen LogP contribution in [-0.4, -0.2) is 41.4 Å². The van der Waals surface area contributed by atoms with Crippen molar-refractivity contribution in [2.24, 2.45) is 5.73 Å². The maximum Gasteiger partial charge on any atom is 0.488 e. The fourth-order valence-electron chi connectivity index (χ4n) is 1.58. The number of benzene rings is 1. The normalized spacial score (nSPS) is 11.1. The van der Waals surface area contributed by atoms with Crippen molar-refractivity contribution in [3.63, 3.8) is 0 Å². The van der Waals surface area contributed by atoms with Gasteiger partial charge in [0, 0.05) is 6.20 Å². The van der Waals surface area contributed by atoms with Crippen molar-refractivity contribution >= 4 is 28.6 Å². The number of hydrogen-bond acceptors (Lipinski definition) is 6. The highest BCUT2D eigenvalue weighted by Crippen LogP contribution is 2.10. The van der Waals surface area contributed by atoms with Gasteiger partial charge in [-0.25, -0.2) is 14.2 Å². The molecule has 11 heteroatoms. The minimum absolute atomic E-state index is 0.286. The van der Waals surface area contributed by atoms with Crippen LogP contribution in [0.2, 0.25) is 0 Å². The molecule has 0 atom stereocenters. The zero-order valence-corrected chi connectivity index (χ0v) is 11.4. The summed E-state index contributed by atoms with van der Waals surface area (Å²) in [5.41, 5.74) is 5.55. The van der Waals surface area contributed by atoms with Gasteiger partial charge >= 0.3 is 13.1 Å². The van der Waals surface area contributed by atoms with Crippen molar-refractivity contribution in [3.05, 3.63) is 36.5 Å². The average Bonchev–Trinajstić information content (AvgIpc) is 2.87. The van der Waals surface area contributed by atoms with E-state index in [1.807, 2.05) is 0 Å². The first-order chi connectivity index (χ1) is 9.79. The fourth-order valence-corrected chi connectivity index (χ4v) is 2.38. The van der Waals surface area contributed by atoms with Crippen molar-refractivity contribution < 1.29 is 23.3 Å². The van der Waals surface area contributed by atoms with Crippen LogP contribution in [0.15, 0.2) is 41.6 Å².